The molecule has 26 heavy (non-hydrogen) atoms. The molecule has 0 unspecified atom stereocenters. The van der Waals surface area contributed by atoms with Gasteiger partial charge in [-0.25, -0.2) is 5.43 Å². The molecule has 3 aromatic rings. The van der Waals surface area contributed by atoms with E-state index in [9.17, 15) is 9.90 Å². The molecule has 0 bridgehead atoms. The number of rotatable bonds is 5. The van der Waals surface area contributed by atoms with Crippen LogP contribution in [0.15, 0.2) is 58.5 Å². The van der Waals surface area contributed by atoms with Crippen molar-refractivity contribution in [1.82, 2.24) is 10.4 Å². The number of para-hydroxylation sites is 1. The molecule has 0 aliphatic heterocycles. The van der Waals surface area contributed by atoms with Gasteiger partial charge in [-0.2, -0.15) is 5.10 Å². The molecule has 0 aliphatic carbocycles. The number of carbonyl (C=O) groups is 1. The summed E-state index contributed by atoms with van der Waals surface area (Å²) in [6.07, 6.45) is 1.54. The first-order valence-corrected chi connectivity index (χ1v) is 9.12. The molecule has 0 radical (unpaired) electrons. The maximum absolute atomic E-state index is 12.0. The second-order valence-corrected chi connectivity index (χ2v) is 6.92. The zero-order valence-electron chi connectivity index (χ0n) is 14.6. The van der Waals surface area contributed by atoms with Crippen molar-refractivity contribution in [3.05, 3.63) is 65.4 Å². The minimum atomic E-state index is -0.180. The number of aryl methyl sites for hydroxylation is 2. The Labute approximate surface area is 156 Å². The lowest BCUT2D eigenvalue weighted by Gasteiger charge is -2.09. The Kier molecular flexibility index (Phi) is 5.53. The fraction of sp³-hybridized carbons (Fsp3) is 0.150. The lowest BCUT2D eigenvalue weighted by Crippen LogP contribution is -2.19. The van der Waals surface area contributed by atoms with Gasteiger partial charge in [0, 0.05) is 16.0 Å². The van der Waals surface area contributed by atoms with E-state index in [1.165, 1.54) is 18.0 Å². The number of hydrazone groups is 1. The summed E-state index contributed by atoms with van der Waals surface area (Å²) in [5, 5.41) is 14.2. The summed E-state index contributed by atoms with van der Waals surface area (Å²) in [6.45, 7) is 3.99. The van der Waals surface area contributed by atoms with Crippen molar-refractivity contribution in [2.24, 2.45) is 5.10 Å². The van der Waals surface area contributed by atoms with Crippen LogP contribution in [0.1, 0.15) is 16.8 Å². The van der Waals surface area contributed by atoms with Crippen LogP contribution in [-0.2, 0) is 4.79 Å². The molecule has 1 heterocycles. The van der Waals surface area contributed by atoms with Gasteiger partial charge < -0.3 is 5.11 Å². The molecule has 0 aliphatic rings. The summed E-state index contributed by atoms with van der Waals surface area (Å²) in [7, 11) is 0. The highest BCUT2D eigenvalue weighted by Gasteiger charge is 2.09. The number of hydrogen-bond donors (Lipinski definition) is 2. The van der Waals surface area contributed by atoms with Crippen molar-refractivity contribution >= 4 is 34.8 Å². The zero-order chi connectivity index (χ0) is 18.5. The molecule has 0 saturated heterocycles. The van der Waals surface area contributed by atoms with Gasteiger partial charge in [0.15, 0.2) is 0 Å². The summed E-state index contributed by atoms with van der Waals surface area (Å²) in [6, 6.07) is 14.6. The van der Waals surface area contributed by atoms with Gasteiger partial charge in [-0.1, -0.05) is 18.2 Å². The first kappa shape index (κ1) is 17.9. The SMILES string of the molecule is Cc1cc(SCC(=O)N/N=C\c2ccc(O)cc2)c2cccc(C)c2n1. The molecule has 2 N–H and O–H groups in total. The monoisotopic (exact) mass is 365 g/mol. The lowest BCUT2D eigenvalue weighted by atomic mass is 10.1. The molecule has 0 spiro atoms. The van der Waals surface area contributed by atoms with E-state index in [1.54, 1.807) is 24.3 Å². The Morgan fingerprint density at radius 1 is 1.23 bits per heavy atom. The van der Waals surface area contributed by atoms with Crippen molar-refractivity contribution in [2.75, 3.05) is 5.75 Å². The van der Waals surface area contributed by atoms with E-state index >= 15 is 0 Å². The molecule has 5 nitrogen and oxygen atoms in total. The number of phenolic OH excluding ortho intramolecular Hbond substituents is 1. The number of nitrogens with zero attached hydrogens (tertiary/aromatic N) is 2. The fourth-order valence-corrected chi connectivity index (χ4v) is 3.44. The number of aromatic hydroxyl groups is 1. The van der Waals surface area contributed by atoms with Gasteiger partial charge in [-0.05, 0) is 55.3 Å². The molecule has 2 aromatic carbocycles. The standard InChI is InChI=1S/C20H19N3O2S/c1-13-4-3-5-17-18(10-14(2)22-20(13)17)26-12-19(25)23-21-11-15-6-8-16(24)9-7-15/h3-11,24H,12H2,1-2H3,(H,23,25)/b21-11-. The number of carbonyl (C=O) groups excluding carboxylic acids is 1. The van der Waals surface area contributed by atoms with Crippen LogP contribution in [0.4, 0.5) is 0 Å². The first-order chi connectivity index (χ1) is 12.5. The summed E-state index contributed by atoms with van der Waals surface area (Å²) in [5.74, 6) is 0.275. The molecule has 1 amide bonds. The van der Waals surface area contributed by atoms with Gasteiger partial charge in [0.25, 0.3) is 0 Å². The highest BCUT2D eigenvalue weighted by molar-refractivity contribution is 8.00. The third kappa shape index (κ3) is 4.40. The molecular weight excluding hydrogens is 346 g/mol. The number of fused-ring (bicyclic) bond motifs is 1. The number of phenols is 1. The number of benzene rings is 2. The van der Waals surface area contributed by atoms with E-state index in [2.05, 4.69) is 15.5 Å². The number of thioether (sulfide) groups is 1. The Bertz CT molecular complexity index is 969. The molecule has 0 saturated carbocycles. The number of aromatic nitrogens is 1. The van der Waals surface area contributed by atoms with E-state index in [0.29, 0.717) is 0 Å². The van der Waals surface area contributed by atoms with E-state index in [4.69, 9.17) is 0 Å². The molecule has 132 valence electrons. The highest BCUT2D eigenvalue weighted by Crippen LogP contribution is 2.29. The Balaban J connectivity index is 1.64. The maximum atomic E-state index is 12.0. The van der Waals surface area contributed by atoms with Gasteiger partial charge in [0.05, 0.1) is 17.5 Å². The third-order valence-electron chi connectivity index (χ3n) is 3.79. The summed E-state index contributed by atoms with van der Waals surface area (Å²) in [4.78, 5) is 17.7. The predicted octanol–water partition coefficient (Wildman–Crippen LogP) is 3.80. The maximum Gasteiger partial charge on any atom is 0.250 e. The molecular formula is C20H19N3O2S. The van der Waals surface area contributed by atoms with Crippen LogP contribution in [0.25, 0.3) is 10.9 Å². The van der Waals surface area contributed by atoms with Crippen LogP contribution < -0.4 is 5.43 Å². The average molecular weight is 365 g/mol. The highest BCUT2D eigenvalue weighted by atomic mass is 32.2. The summed E-state index contributed by atoms with van der Waals surface area (Å²) >= 11 is 1.47. The minimum Gasteiger partial charge on any atom is -0.508 e. The molecule has 0 atom stereocenters. The normalized spacial score (nSPS) is 11.2. The van der Waals surface area contributed by atoms with Gasteiger partial charge in [-0.3, -0.25) is 9.78 Å². The van der Waals surface area contributed by atoms with E-state index in [0.717, 1.165) is 32.6 Å². The number of nitrogens with one attached hydrogen (secondary N) is 1. The van der Waals surface area contributed by atoms with Crippen molar-refractivity contribution in [3.63, 3.8) is 0 Å². The van der Waals surface area contributed by atoms with Crippen molar-refractivity contribution in [1.29, 1.82) is 0 Å². The van der Waals surface area contributed by atoms with Gasteiger partial charge in [0.2, 0.25) is 5.91 Å². The van der Waals surface area contributed by atoms with E-state index in [1.807, 2.05) is 38.1 Å². The van der Waals surface area contributed by atoms with E-state index < -0.39 is 0 Å². The van der Waals surface area contributed by atoms with Crippen molar-refractivity contribution < 1.29 is 9.90 Å². The Hall–Kier alpha value is -2.86. The van der Waals surface area contributed by atoms with Crippen LogP contribution in [0.5, 0.6) is 5.75 Å². The Morgan fingerprint density at radius 3 is 2.77 bits per heavy atom. The summed E-state index contributed by atoms with van der Waals surface area (Å²) < 4.78 is 0. The molecule has 0 fully saturated rings. The Morgan fingerprint density at radius 2 is 2.00 bits per heavy atom. The van der Waals surface area contributed by atoms with Crippen LogP contribution in [0.3, 0.4) is 0 Å². The number of hydrogen-bond acceptors (Lipinski definition) is 5. The van der Waals surface area contributed by atoms with Gasteiger partial charge in [0.1, 0.15) is 5.75 Å². The largest absolute Gasteiger partial charge is 0.508 e. The van der Waals surface area contributed by atoms with Crippen molar-refractivity contribution in [3.8, 4) is 5.75 Å². The molecule has 1 aromatic heterocycles. The number of amides is 1. The van der Waals surface area contributed by atoms with Gasteiger partial charge in [-0.15, -0.1) is 11.8 Å². The third-order valence-corrected chi connectivity index (χ3v) is 4.84. The minimum absolute atomic E-state index is 0.180. The quantitative estimate of drug-likeness (QED) is 0.410. The van der Waals surface area contributed by atoms with E-state index in [-0.39, 0.29) is 17.4 Å². The molecule has 6 heteroatoms. The van der Waals surface area contributed by atoms with Gasteiger partial charge >= 0.3 is 0 Å². The lowest BCUT2D eigenvalue weighted by molar-refractivity contribution is -0.118. The first-order valence-electron chi connectivity index (χ1n) is 8.13. The summed E-state index contributed by atoms with van der Waals surface area (Å²) in [5.41, 5.74) is 6.34. The van der Waals surface area contributed by atoms with Crippen LogP contribution in [0.2, 0.25) is 0 Å². The smallest absolute Gasteiger partial charge is 0.250 e. The second-order valence-electron chi connectivity index (χ2n) is 5.91. The predicted molar refractivity (Wildman–Crippen MR) is 106 cm³/mol. The zero-order valence-corrected chi connectivity index (χ0v) is 15.4. The fourth-order valence-electron chi connectivity index (χ4n) is 2.52. The van der Waals surface area contributed by atoms with Crippen LogP contribution in [0, 0.1) is 13.8 Å². The average Bonchev–Trinajstić information content (AvgIpc) is 2.62. The molecule has 3 rings (SSSR count). The second kappa shape index (κ2) is 8.01. The van der Waals surface area contributed by atoms with Crippen molar-refractivity contribution in [2.45, 2.75) is 18.7 Å². The van der Waals surface area contributed by atoms with Crippen LogP contribution in [-0.4, -0.2) is 28.0 Å². The number of pyridine rings is 1. The van der Waals surface area contributed by atoms with Crippen LogP contribution >= 0.6 is 11.8 Å². The topological polar surface area (TPSA) is 74.6 Å².